The molecule has 1 amide bonds. The molecule has 0 saturated carbocycles. The van der Waals surface area contributed by atoms with Gasteiger partial charge in [0.25, 0.3) is 0 Å². The molecule has 2 N–H and O–H groups in total. The van der Waals surface area contributed by atoms with Crippen LogP contribution in [0.1, 0.15) is 37.8 Å². The van der Waals surface area contributed by atoms with E-state index >= 15 is 0 Å². The summed E-state index contributed by atoms with van der Waals surface area (Å²) in [5.41, 5.74) is 1.08. The summed E-state index contributed by atoms with van der Waals surface area (Å²) in [5, 5.41) is 7.00. The summed E-state index contributed by atoms with van der Waals surface area (Å²) < 4.78 is 0. The molecule has 1 heterocycles. The van der Waals surface area contributed by atoms with Gasteiger partial charge >= 0.3 is 0 Å². The topological polar surface area (TPSA) is 44.4 Å². The molecule has 1 fully saturated rings. The Morgan fingerprint density at radius 3 is 2.57 bits per heavy atom. The van der Waals surface area contributed by atoms with Crippen molar-refractivity contribution in [1.29, 1.82) is 0 Å². The first kappa shape index (κ1) is 18.2. The van der Waals surface area contributed by atoms with Gasteiger partial charge in [-0.15, -0.1) is 0 Å². The highest BCUT2D eigenvalue weighted by Gasteiger charge is 2.21. The van der Waals surface area contributed by atoms with Crippen molar-refractivity contribution in [3.63, 3.8) is 0 Å². The predicted octanol–water partition coefficient (Wildman–Crippen LogP) is 2.84. The van der Waals surface area contributed by atoms with Gasteiger partial charge in [0.1, 0.15) is 0 Å². The molecule has 0 aliphatic carbocycles. The van der Waals surface area contributed by atoms with E-state index in [0.717, 1.165) is 31.1 Å². The van der Waals surface area contributed by atoms with E-state index in [2.05, 4.69) is 15.5 Å². The summed E-state index contributed by atoms with van der Waals surface area (Å²) >= 11 is 5.90. The Balaban J connectivity index is 1.72. The number of hydrogen-bond donors (Lipinski definition) is 2. The predicted molar refractivity (Wildman–Crippen MR) is 95.7 cm³/mol. The van der Waals surface area contributed by atoms with Gasteiger partial charge in [0.2, 0.25) is 5.91 Å². The molecule has 0 aromatic heterocycles. The molecule has 0 bridgehead atoms. The van der Waals surface area contributed by atoms with Crippen molar-refractivity contribution >= 4 is 17.5 Å². The Kier molecular flexibility index (Phi) is 7.34. The van der Waals surface area contributed by atoms with Gasteiger partial charge in [-0.2, -0.15) is 0 Å². The SMILES string of the molecule is CNCCC1CCN(CC(=O)NC(C)c2ccc(Cl)cc2)CC1. The molecule has 2 rings (SSSR count). The third kappa shape index (κ3) is 6.13. The number of likely N-dealkylation sites (tertiary alicyclic amines) is 1. The molecule has 1 unspecified atom stereocenters. The van der Waals surface area contributed by atoms with Gasteiger partial charge in [0, 0.05) is 5.02 Å². The normalized spacial score (nSPS) is 17.9. The minimum Gasteiger partial charge on any atom is -0.348 e. The number of halogens is 1. The molecule has 5 heteroatoms. The Bertz CT molecular complexity index is 484. The maximum Gasteiger partial charge on any atom is 0.234 e. The fourth-order valence-electron chi connectivity index (χ4n) is 3.11. The summed E-state index contributed by atoms with van der Waals surface area (Å²) in [5.74, 6) is 0.899. The second kappa shape index (κ2) is 9.26. The van der Waals surface area contributed by atoms with Crippen molar-refractivity contribution in [3.05, 3.63) is 34.9 Å². The van der Waals surface area contributed by atoms with E-state index in [-0.39, 0.29) is 11.9 Å². The fraction of sp³-hybridized carbons (Fsp3) is 0.611. The molecule has 1 saturated heterocycles. The van der Waals surface area contributed by atoms with E-state index in [1.807, 2.05) is 38.2 Å². The van der Waals surface area contributed by atoms with Crippen LogP contribution in [0.2, 0.25) is 5.02 Å². The maximum atomic E-state index is 12.2. The average molecular weight is 338 g/mol. The van der Waals surface area contributed by atoms with Crippen molar-refractivity contribution in [2.24, 2.45) is 5.92 Å². The second-order valence-electron chi connectivity index (χ2n) is 6.45. The van der Waals surface area contributed by atoms with Crippen LogP contribution in [-0.4, -0.2) is 44.0 Å². The average Bonchev–Trinajstić information content (AvgIpc) is 2.54. The third-order valence-electron chi connectivity index (χ3n) is 4.62. The lowest BCUT2D eigenvalue weighted by atomic mass is 9.93. The Morgan fingerprint density at radius 1 is 1.30 bits per heavy atom. The molecule has 128 valence electrons. The van der Waals surface area contributed by atoms with Crippen molar-refractivity contribution in [1.82, 2.24) is 15.5 Å². The summed E-state index contributed by atoms with van der Waals surface area (Å²) in [6, 6.07) is 7.64. The van der Waals surface area contributed by atoms with Crippen LogP contribution >= 0.6 is 11.6 Å². The smallest absolute Gasteiger partial charge is 0.234 e. The first-order chi connectivity index (χ1) is 11.1. The molecular formula is C18H28ClN3O. The van der Waals surface area contributed by atoms with Gasteiger partial charge in [0.05, 0.1) is 12.6 Å². The summed E-state index contributed by atoms with van der Waals surface area (Å²) in [4.78, 5) is 14.5. The molecule has 1 aliphatic rings. The number of nitrogens with zero attached hydrogens (tertiary/aromatic N) is 1. The zero-order chi connectivity index (χ0) is 16.7. The number of amides is 1. The first-order valence-electron chi connectivity index (χ1n) is 8.50. The summed E-state index contributed by atoms with van der Waals surface area (Å²) in [6.07, 6.45) is 3.63. The van der Waals surface area contributed by atoms with E-state index in [0.29, 0.717) is 11.6 Å². The summed E-state index contributed by atoms with van der Waals surface area (Å²) in [6.45, 7) is 5.64. The van der Waals surface area contributed by atoms with Crippen LogP contribution in [0.25, 0.3) is 0 Å². The minimum atomic E-state index is 0.00735. The highest BCUT2D eigenvalue weighted by Crippen LogP contribution is 2.20. The van der Waals surface area contributed by atoms with Crippen LogP contribution < -0.4 is 10.6 Å². The zero-order valence-corrected chi connectivity index (χ0v) is 14.9. The first-order valence-corrected chi connectivity index (χ1v) is 8.88. The number of piperidine rings is 1. The Hall–Kier alpha value is -1.10. The van der Waals surface area contributed by atoms with Crippen LogP contribution in [0.5, 0.6) is 0 Å². The molecule has 1 aromatic rings. The van der Waals surface area contributed by atoms with E-state index in [4.69, 9.17) is 11.6 Å². The van der Waals surface area contributed by atoms with Crippen LogP contribution in [0, 0.1) is 5.92 Å². The highest BCUT2D eigenvalue weighted by atomic mass is 35.5. The molecule has 4 nitrogen and oxygen atoms in total. The zero-order valence-electron chi connectivity index (χ0n) is 14.1. The number of hydrogen-bond acceptors (Lipinski definition) is 3. The van der Waals surface area contributed by atoms with E-state index < -0.39 is 0 Å². The number of carbonyl (C=O) groups is 1. The van der Waals surface area contributed by atoms with E-state index in [1.165, 1.54) is 19.3 Å². The Morgan fingerprint density at radius 2 is 1.96 bits per heavy atom. The van der Waals surface area contributed by atoms with Crippen LogP contribution in [-0.2, 0) is 4.79 Å². The highest BCUT2D eigenvalue weighted by molar-refractivity contribution is 6.30. The fourth-order valence-corrected chi connectivity index (χ4v) is 3.23. The van der Waals surface area contributed by atoms with Crippen LogP contribution in [0.3, 0.4) is 0 Å². The monoisotopic (exact) mass is 337 g/mol. The lowest BCUT2D eigenvalue weighted by Gasteiger charge is -2.31. The lowest BCUT2D eigenvalue weighted by Crippen LogP contribution is -2.42. The second-order valence-corrected chi connectivity index (χ2v) is 6.89. The molecular weight excluding hydrogens is 310 g/mol. The Labute approximate surface area is 144 Å². The molecule has 23 heavy (non-hydrogen) atoms. The van der Waals surface area contributed by atoms with Gasteiger partial charge in [-0.1, -0.05) is 23.7 Å². The molecule has 1 aromatic carbocycles. The van der Waals surface area contributed by atoms with Gasteiger partial charge in [-0.3, -0.25) is 9.69 Å². The molecule has 1 atom stereocenters. The van der Waals surface area contributed by atoms with Crippen LogP contribution in [0.4, 0.5) is 0 Å². The summed E-state index contributed by atoms with van der Waals surface area (Å²) in [7, 11) is 2.00. The maximum absolute atomic E-state index is 12.2. The van der Waals surface area contributed by atoms with E-state index in [1.54, 1.807) is 0 Å². The van der Waals surface area contributed by atoms with Gasteiger partial charge in [-0.05, 0) is 76.5 Å². The number of rotatable bonds is 7. The molecule has 0 spiro atoms. The van der Waals surface area contributed by atoms with Crippen molar-refractivity contribution in [2.75, 3.05) is 33.2 Å². The third-order valence-corrected chi connectivity index (χ3v) is 4.88. The number of carbonyl (C=O) groups excluding carboxylic acids is 1. The minimum absolute atomic E-state index is 0.00735. The van der Waals surface area contributed by atoms with Gasteiger partial charge < -0.3 is 10.6 Å². The van der Waals surface area contributed by atoms with Crippen molar-refractivity contribution in [2.45, 2.75) is 32.2 Å². The van der Waals surface area contributed by atoms with Crippen molar-refractivity contribution in [3.8, 4) is 0 Å². The molecule has 0 radical (unpaired) electrons. The van der Waals surface area contributed by atoms with Crippen molar-refractivity contribution < 1.29 is 4.79 Å². The standard InChI is InChI=1S/C18H28ClN3O/c1-14(16-3-5-17(19)6-4-16)21-18(23)13-22-11-8-15(9-12-22)7-10-20-2/h3-6,14-15,20H,7-13H2,1-2H3,(H,21,23). The van der Waals surface area contributed by atoms with Crippen LogP contribution in [0.15, 0.2) is 24.3 Å². The number of nitrogens with one attached hydrogen (secondary N) is 2. The quantitative estimate of drug-likeness (QED) is 0.804. The van der Waals surface area contributed by atoms with Gasteiger partial charge in [0.15, 0.2) is 0 Å². The lowest BCUT2D eigenvalue weighted by molar-refractivity contribution is -0.123. The van der Waals surface area contributed by atoms with E-state index in [9.17, 15) is 4.79 Å². The largest absolute Gasteiger partial charge is 0.348 e. The molecule has 1 aliphatic heterocycles. The van der Waals surface area contributed by atoms with Gasteiger partial charge in [-0.25, -0.2) is 0 Å². The number of benzene rings is 1.